The average Bonchev–Trinajstić information content (AvgIpc) is 2.40. The Hall–Kier alpha value is -1.29. The lowest BCUT2D eigenvalue weighted by Gasteiger charge is -2.34. The van der Waals surface area contributed by atoms with Gasteiger partial charge in [0.25, 0.3) is 0 Å². The van der Waals surface area contributed by atoms with Crippen LogP contribution in [0.1, 0.15) is 19.8 Å². The molecule has 1 fully saturated rings. The summed E-state index contributed by atoms with van der Waals surface area (Å²) in [5.74, 6) is 2.93. The molecule has 1 aliphatic heterocycles. The van der Waals surface area contributed by atoms with Crippen LogP contribution in [0.5, 0.6) is 0 Å². The van der Waals surface area contributed by atoms with Crippen LogP contribution < -0.4 is 10.2 Å². The third-order valence-electron chi connectivity index (χ3n) is 3.65. The lowest BCUT2D eigenvalue weighted by Crippen LogP contribution is -2.37. The van der Waals surface area contributed by atoms with Gasteiger partial charge in [-0.1, -0.05) is 6.07 Å². The Kier molecular flexibility index (Phi) is 5.02. The summed E-state index contributed by atoms with van der Waals surface area (Å²) in [6.45, 7) is 6.48. The third kappa shape index (κ3) is 4.10. The van der Waals surface area contributed by atoms with Gasteiger partial charge < -0.3 is 15.1 Å². The van der Waals surface area contributed by atoms with Crippen molar-refractivity contribution in [2.24, 2.45) is 5.92 Å². The van der Waals surface area contributed by atoms with Crippen LogP contribution in [0, 0.1) is 5.92 Å². The highest BCUT2D eigenvalue weighted by Gasteiger charge is 2.20. The van der Waals surface area contributed by atoms with Crippen LogP contribution >= 0.6 is 0 Å². The summed E-state index contributed by atoms with van der Waals surface area (Å²) < 4.78 is 0. The molecule has 1 aromatic rings. The monoisotopic (exact) mass is 262 g/mol. The molecule has 1 aliphatic rings. The number of nitrogens with one attached hydrogen (secondary N) is 1. The van der Waals surface area contributed by atoms with Crippen molar-refractivity contribution in [1.29, 1.82) is 0 Å². The number of aromatic nitrogens is 1. The normalized spacial score (nSPS) is 16.9. The Labute approximate surface area is 116 Å². The number of hydrogen-bond donors (Lipinski definition) is 1. The number of hydrogen-bond acceptors (Lipinski definition) is 4. The largest absolute Gasteiger partial charge is 0.370 e. The molecule has 19 heavy (non-hydrogen) atoms. The fourth-order valence-corrected chi connectivity index (χ4v) is 2.74. The molecule has 0 radical (unpaired) electrons. The first-order chi connectivity index (χ1) is 9.19. The van der Waals surface area contributed by atoms with Crippen molar-refractivity contribution in [3.05, 3.63) is 18.2 Å². The van der Waals surface area contributed by atoms with E-state index in [9.17, 15) is 0 Å². The van der Waals surface area contributed by atoms with Crippen molar-refractivity contribution in [2.75, 3.05) is 50.5 Å². The van der Waals surface area contributed by atoms with E-state index in [0.717, 1.165) is 37.2 Å². The number of pyridine rings is 1. The molecule has 106 valence electrons. The first-order valence-electron chi connectivity index (χ1n) is 7.29. The average molecular weight is 262 g/mol. The lowest BCUT2D eigenvalue weighted by molar-refractivity contribution is 0.284. The van der Waals surface area contributed by atoms with Gasteiger partial charge in [0, 0.05) is 26.2 Å². The summed E-state index contributed by atoms with van der Waals surface area (Å²) >= 11 is 0. The van der Waals surface area contributed by atoms with Gasteiger partial charge in [-0.15, -0.1) is 0 Å². The van der Waals surface area contributed by atoms with Gasteiger partial charge in [0.05, 0.1) is 0 Å². The van der Waals surface area contributed by atoms with Crippen molar-refractivity contribution >= 4 is 11.6 Å². The van der Waals surface area contributed by atoms with Crippen LogP contribution in [-0.2, 0) is 0 Å². The van der Waals surface area contributed by atoms with E-state index in [4.69, 9.17) is 0 Å². The molecule has 0 bridgehead atoms. The summed E-state index contributed by atoms with van der Waals surface area (Å²) in [6.07, 6.45) is 2.54. The van der Waals surface area contributed by atoms with E-state index < -0.39 is 0 Å². The third-order valence-corrected chi connectivity index (χ3v) is 3.65. The van der Waals surface area contributed by atoms with Gasteiger partial charge in [0.1, 0.15) is 11.6 Å². The van der Waals surface area contributed by atoms with Crippen molar-refractivity contribution in [2.45, 2.75) is 19.8 Å². The standard InChI is InChI=1S/C15H26N4/c1-4-16-14-6-5-7-15(17-14)19-10-8-13(9-11-19)12-18(2)3/h5-7,13H,4,8-12H2,1-3H3,(H,16,17). The minimum Gasteiger partial charge on any atom is -0.370 e. The number of nitrogens with zero attached hydrogens (tertiary/aromatic N) is 3. The maximum Gasteiger partial charge on any atom is 0.130 e. The molecule has 0 atom stereocenters. The fraction of sp³-hybridized carbons (Fsp3) is 0.667. The molecule has 0 spiro atoms. The molecule has 2 heterocycles. The van der Waals surface area contributed by atoms with Crippen LogP contribution in [0.25, 0.3) is 0 Å². The summed E-state index contributed by atoms with van der Waals surface area (Å²) in [5, 5.41) is 3.28. The van der Waals surface area contributed by atoms with Crippen LogP contribution in [0.15, 0.2) is 18.2 Å². The predicted molar refractivity (Wildman–Crippen MR) is 81.9 cm³/mol. The maximum absolute atomic E-state index is 4.68. The Morgan fingerprint density at radius 3 is 2.68 bits per heavy atom. The summed E-state index contributed by atoms with van der Waals surface area (Å²) in [4.78, 5) is 9.38. The molecule has 4 nitrogen and oxygen atoms in total. The first kappa shape index (κ1) is 14.1. The van der Waals surface area contributed by atoms with Crippen molar-refractivity contribution in [1.82, 2.24) is 9.88 Å². The molecule has 0 aliphatic carbocycles. The highest BCUT2D eigenvalue weighted by atomic mass is 15.2. The quantitative estimate of drug-likeness (QED) is 0.882. The van der Waals surface area contributed by atoms with Gasteiger partial charge in [0.2, 0.25) is 0 Å². The highest BCUT2D eigenvalue weighted by molar-refractivity contribution is 5.47. The Bertz CT molecular complexity index is 383. The molecular formula is C15H26N4. The van der Waals surface area contributed by atoms with Crippen LogP contribution in [0.4, 0.5) is 11.6 Å². The van der Waals surface area contributed by atoms with E-state index in [0.29, 0.717) is 0 Å². The number of anilines is 2. The molecule has 1 N–H and O–H groups in total. The van der Waals surface area contributed by atoms with Gasteiger partial charge in [-0.25, -0.2) is 4.98 Å². The molecule has 0 aromatic carbocycles. The minimum absolute atomic E-state index is 0.836. The van der Waals surface area contributed by atoms with Gasteiger partial charge in [-0.2, -0.15) is 0 Å². The van der Waals surface area contributed by atoms with Gasteiger partial charge >= 0.3 is 0 Å². The van der Waals surface area contributed by atoms with E-state index in [2.05, 4.69) is 53.3 Å². The van der Waals surface area contributed by atoms with Crippen LogP contribution in [0.2, 0.25) is 0 Å². The molecule has 0 saturated carbocycles. The first-order valence-corrected chi connectivity index (χ1v) is 7.29. The van der Waals surface area contributed by atoms with Crippen molar-refractivity contribution in [3.8, 4) is 0 Å². The lowest BCUT2D eigenvalue weighted by atomic mass is 9.96. The zero-order chi connectivity index (χ0) is 13.7. The molecule has 1 aromatic heterocycles. The van der Waals surface area contributed by atoms with Gasteiger partial charge in [0.15, 0.2) is 0 Å². The second-order valence-corrected chi connectivity index (χ2v) is 5.60. The molecule has 4 heteroatoms. The Morgan fingerprint density at radius 2 is 2.05 bits per heavy atom. The second-order valence-electron chi connectivity index (χ2n) is 5.60. The topological polar surface area (TPSA) is 31.4 Å². The summed E-state index contributed by atoms with van der Waals surface area (Å²) in [7, 11) is 4.32. The van der Waals surface area contributed by atoms with E-state index in [1.54, 1.807) is 0 Å². The molecule has 1 saturated heterocycles. The highest BCUT2D eigenvalue weighted by Crippen LogP contribution is 2.23. The maximum atomic E-state index is 4.68. The smallest absolute Gasteiger partial charge is 0.130 e. The Balaban J connectivity index is 1.92. The predicted octanol–water partition coefficient (Wildman–Crippen LogP) is 2.29. The van der Waals surface area contributed by atoms with Crippen molar-refractivity contribution < 1.29 is 0 Å². The van der Waals surface area contributed by atoms with E-state index in [1.165, 1.54) is 19.4 Å². The summed E-state index contributed by atoms with van der Waals surface area (Å²) in [5.41, 5.74) is 0. The van der Waals surface area contributed by atoms with Crippen LogP contribution in [-0.4, -0.2) is 50.2 Å². The SMILES string of the molecule is CCNc1cccc(N2CCC(CN(C)C)CC2)n1. The van der Waals surface area contributed by atoms with Crippen molar-refractivity contribution in [3.63, 3.8) is 0 Å². The minimum atomic E-state index is 0.836. The van der Waals surface area contributed by atoms with Crippen LogP contribution in [0.3, 0.4) is 0 Å². The number of piperidine rings is 1. The zero-order valence-electron chi connectivity index (χ0n) is 12.4. The molecular weight excluding hydrogens is 236 g/mol. The fourth-order valence-electron chi connectivity index (χ4n) is 2.74. The zero-order valence-corrected chi connectivity index (χ0v) is 12.4. The number of rotatable bonds is 5. The van der Waals surface area contributed by atoms with E-state index in [1.807, 2.05) is 6.07 Å². The van der Waals surface area contributed by atoms with E-state index in [-0.39, 0.29) is 0 Å². The summed E-state index contributed by atoms with van der Waals surface area (Å²) in [6, 6.07) is 6.24. The second kappa shape index (κ2) is 6.75. The van der Waals surface area contributed by atoms with Gasteiger partial charge in [-0.05, 0) is 51.9 Å². The molecule has 2 rings (SSSR count). The molecule has 0 unspecified atom stereocenters. The molecule has 0 amide bonds. The van der Waals surface area contributed by atoms with E-state index >= 15 is 0 Å². The van der Waals surface area contributed by atoms with Gasteiger partial charge in [-0.3, -0.25) is 0 Å². The Morgan fingerprint density at radius 1 is 1.32 bits per heavy atom.